The van der Waals surface area contributed by atoms with Gasteiger partial charge in [0.2, 0.25) is 0 Å². The van der Waals surface area contributed by atoms with Gasteiger partial charge in [0.05, 0.1) is 0 Å². The van der Waals surface area contributed by atoms with Gasteiger partial charge in [0.1, 0.15) is 0 Å². The van der Waals surface area contributed by atoms with E-state index in [1.807, 2.05) is 0 Å². The molecule has 0 nitrogen and oxygen atoms in total. The molecular formula is C15H32. The van der Waals surface area contributed by atoms with Gasteiger partial charge in [-0.3, -0.25) is 0 Å². The quantitative estimate of drug-likeness (QED) is 0.554. The van der Waals surface area contributed by atoms with Crippen LogP contribution in [0.15, 0.2) is 0 Å². The van der Waals surface area contributed by atoms with Gasteiger partial charge >= 0.3 is 0 Å². The molecule has 0 aliphatic carbocycles. The lowest BCUT2D eigenvalue weighted by atomic mass is 9.66. The maximum absolute atomic E-state index is 2.44. The number of hydrogen-bond acceptors (Lipinski definition) is 0. The normalized spacial score (nSPS) is 19.0. The average Bonchev–Trinajstić information content (AvgIpc) is 2.15. The molecule has 0 aliphatic heterocycles. The summed E-state index contributed by atoms with van der Waals surface area (Å²) in [6, 6.07) is 0. The molecule has 15 heavy (non-hydrogen) atoms. The lowest BCUT2D eigenvalue weighted by Crippen LogP contribution is -2.30. The van der Waals surface area contributed by atoms with E-state index in [1.165, 1.54) is 12.8 Å². The van der Waals surface area contributed by atoms with Crippen LogP contribution < -0.4 is 0 Å². The lowest BCUT2D eigenvalue weighted by Gasteiger charge is -2.39. The van der Waals surface area contributed by atoms with Gasteiger partial charge < -0.3 is 0 Å². The van der Waals surface area contributed by atoms with E-state index in [9.17, 15) is 0 Å². The monoisotopic (exact) mass is 212 g/mol. The minimum absolute atomic E-state index is 0.484. The van der Waals surface area contributed by atoms with Crippen LogP contribution in [0.3, 0.4) is 0 Å². The first-order chi connectivity index (χ1) is 6.73. The molecule has 0 bridgehead atoms. The van der Waals surface area contributed by atoms with Crippen molar-refractivity contribution in [2.75, 3.05) is 0 Å². The molecular weight excluding hydrogens is 180 g/mol. The molecule has 0 rings (SSSR count). The summed E-state index contributed by atoms with van der Waals surface area (Å²) in [5.74, 6) is 3.32. The minimum atomic E-state index is 0.484. The predicted octanol–water partition coefficient (Wildman–Crippen LogP) is 5.38. The van der Waals surface area contributed by atoms with E-state index in [4.69, 9.17) is 0 Å². The van der Waals surface area contributed by atoms with Crippen molar-refractivity contribution in [2.45, 2.75) is 68.2 Å². The van der Waals surface area contributed by atoms with Crippen molar-refractivity contribution in [1.82, 2.24) is 0 Å². The molecule has 0 spiro atoms. The van der Waals surface area contributed by atoms with Crippen LogP contribution in [0.1, 0.15) is 68.2 Å². The Balaban J connectivity index is 4.36. The molecule has 0 aromatic carbocycles. The SMILES string of the molecule is CCC(C)C(C)(C)C(C)CC(C)C(C)C. The molecule has 3 atom stereocenters. The van der Waals surface area contributed by atoms with E-state index in [1.54, 1.807) is 0 Å². The summed E-state index contributed by atoms with van der Waals surface area (Å²) >= 11 is 0. The summed E-state index contributed by atoms with van der Waals surface area (Å²) in [6.07, 6.45) is 2.67. The predicted molar refractivity (Wildman–Crippen MR) is 71.0 cm³/mol. The van der Waals surface area contributed by atoms with Gasteiger partial charge in [0, 0.05) is 0 Å². The summed E-state index contributed by atoms with van der Waals surface area (Å²) in [6.45, 7) is 19.1. The first-order valence-corrected chi connectivity index (χ1v) is 6.73. The Morgan fingerprint density at radius 1 is 0.867 bits per heavy atom. The molecule has 0 fully saturated rings. The third-order valence-corrected chi connectivity index (χ3v) is 5.02. The molecule has 0 saturated heterocycles. The molecule has 0 aromatic rings. The smallest absolute Gasteiger partial charge is 0.0303 e. The molecule has 0 aliphatic rings. The Morgan fingerprint density at radius 3 is 1.67 bits per heavy atom. The molecule has 0 amide bonds. The zero-order valence-electron chi connectivity index (χ0n) is 12.2. The average molecular weight is 212 g/mol. The summed E-state index contributed by atoms with van der Waals surface area (Å²) in [4.78, 5) is 0. The van der Waals surface area contributed by atoms with Crippen molar-refractivity contribution in [1.29, 1.82) is 0 Å². The fourth-order valence-corrected chi connectivity index (χ4v) is 2.15. The molecule has 0 N–H and O–H groups in total. The summed E-state index contributed by atoms with van der Waals surface area (Å²) in [5.41, 5.74) is 0.484. The van der Waals surface area contributed by atoms with Crippen LogP contribution in [0.25, 0.3) is 0 Å². The van der Waals surface area contributed by atoms with Crippen LogP contribution in [0, 0.1) is 29.1 Å². The molecule has 0 aromatic heterocycles. The highest BCUT2D eigenvalue weighted by molar-refractivity contribution is 4.81. The van der Waals surface area contributed by atoms with E-state index >= 15 is 0 Å². The van der Waals surface area contributed by atoms with Crippen molar-refractivity contribution < 1.29 is 0 Å². The summed E-state index contributed by atoms with van der Waals surface area (Å²) in [5, 5.41) is 0. The summed E-state index contributed by atoms with van der Waals surface area (Å²) in [7, 11) is 0. The minimum Gasteiger partial charge on any atom is -0.0651 e. The second-order valence-corrected chi connectivity index (χ2v) is 6.49. The first-order valence-electron chi connectivity index (χ1n) is 6.73. The topological polar surface area (TPSA) is 0 Å². The molecule has 92 valence electrons. The Bertz CT molecular complexity index is 167. The fourth-order valence-electron chi connectivity index (χ4n) is 2.15. The first kappa shape index (κ1) is 15.0. The van der Waals surface area contributed by atoms with Gasteiger partial charge in [-0.2, -0.15) is 0 Å². The van der Waals surface area contributed by atoms with Crippen LogP contribution in [0.2, 0.25) is 0 Å². The van der Waals surface area contributed by atoms with E-state index in [-0.39, 0.29) is 0 Å². The van der Waals surface area contributed by atoms with Gasteiger partial charge in [0.15, 0.2) is 0 Å². The van der Waals surface area contributed by atoms with Crippen molar-refractivity contribution in [2.24, 2.45) is 29.1 Å². The standard InChI is InChI=1S/C15H32/c1-9-13(5)15(7,8)14(6)10-12(4)11(2)3/h11-14H,9-10H2,1-8H3. The molecule has 3 unspecified atom stereocenters. The Morgan fingerprint density at radius 2 is 1.33 bits per heavy atom. The molecule has 0 saturated carbocycles. The van der Waals surface area contributed by atoms with Crippen molar-refractivity contribution in [3.05, 3.63) is 0 Å². The Labute approximate surface area is 97.8 Å². The van der Waals surface area contributed by atoms with E-state index in [0.29, 0.717) is 5.41 Å². The van der Waals surface area contributed by atoms with Crippen LogP contribution in [0.4, 0.5) is 0 Å². The van der Waals surface area contributed by atoms with Gasteiger partial charge in [-0.1, -0.05) is 61.8 Å². The zero-order chi connectivity index (χ0) is 12.2. The Hall–Kier alpha value is 0. The lowest BCUT2D eigenvalue weighted by molar-refractivity contribution is 0.107. The molecule has 0 heteroatoms. The van der Waals surface area contributed by atoms with E-state index < -0.39 is 0 Å². The number of hydrogen-bond donors (Lipinski definition) is 0. The van der Waals surface area contributed by atoms with Crippen molar-refractivity contribution in [3.63, 3.8) is 0 Å². The molecule has 0 heterocycles. The third-order valence-electron chi connectivity index (χ3n) is 5.02. The van der Waals surface area contributed by atoms with Crippen molar-refractivity contribution >= 4 is 0 Å². The van der Waals surface area contributed by atoms with E-state index in [2.05, 4.69) is 55.4 Å². The van der Waals surface area contributed by atoms with Crippen molar-refractivity contribution in [3.8, 4) is 0 Å². The van der Waals surface area contributed by atoms with Crippen LogP contribution >= 0.6 is 0 Å². The highest BCUT2D eigenvalue weighted by Gasteiger charge is 2.31. The van der Waals surface area contributed by atoms with Gasteiger partial charge in [-0.05, 0) is 35.5 Å². The van der Waals surface area contributed by atoms with E-state index in [0.717, 1.165) is 23.7 Å². The molecule has 0 radical (unpaired) electrons. The number of rotatable bonds is 6. The fraction of sp³-hybridized carbons (Fsp3) is 1.00. The second kappa shape index (κ2) is 5.92. The maximum Gasteiger partial charge on any atom is -0.0303 e. The van der Waals surface area contributed by atoms with Gasteiger partial charge in [-0.15, -0.1) is 0 Å². The third kappa shape index (κ3) is 4.17. The highest BCUT2D eigenvalue weighted by Crippen LogP contribution is 2.40. The summed E-state index contributed by atoms with van der Waals surface area (Å²) < 4.78 is 0. The van der Waals surface area contributed by atoms with Crippen LogP contribution in [-0.2, 0) is 0 Å². The second-order valence-electron chi connectivity index (χ2n) is 6.49. The van der Waals surface area contributed by atoms with Crippen LogP contribution in [0.5, 0.6) is 0 Å². The largest absolute Gasteiger partial charge is 0.0651 e. The van der Waals surface area contributed by atoms with Crippen LogP contribution in [-0.4, -0.2) is 0 Å². The van der Waals surface area contributed by atoms with Gasteiger partial charge in [-0.25, -0.2) is 0 Å². The highest BCUT2D eigenvalue weighted by atomic mass is 14.4. The zero-order valence-corrected chi connectivity index (χ0v) is 12.2. The maximum atomic E-state index is 2.44. The Kier molecular flexibility index (Phi) is 5.92. The van der Waals surface area contributed by atoms with Gasteiger partial charge in [0.25, 0.3) is 0 Å².